The number of nitrogens with zero attached hydrogens (tertiary/aromatic N) is 3. The highest BCUT2D eigenvalue weighted by atomic mass is 16.3. The van der Waals surface area contributed by atoms with Gasteiger partial charge in [0.25, 0.3) is 0 Å². The molecule has 0 saturated heterocycles. The second kappa shape index (κ2) is 6.28. The number of benzene rings is 2. The highest BCUT2D eigenvalue weighted by Crippen LogP contribution is 2.27. The average Bonchev–Trinajstić information content (AvgIpc) is 2.64. The summed E-state index contributed by atoms with van der Waals surface area (Å²) < 4.78 is 0. The molecular weight excluding hydrogens is 310 g/mol. The van der Waals surface area contributed by atoms with Crippen LogP contribution in [0.5, 0.6) is 0 Å². The second-order valence-electron chi connectivity index (χ2n) is 6.87. The van der Waals surface area contributed by atoms with Crippen molar-refractivity contribution in [2.75, 3.05) is 13.1 Å². The number of aliphatic imine (C=N–C) groups is 1. The van der Waals surface area contributed by atoms with Crippen LogP contribution in [0.3, 0.4) is 0 Å². The Morgan fingerprint density at radius 3 is 2.72 bits per heavy atom. The van der Waals surface area contributed by atoms with Gasteiger partial charge in [0.2, 0.25) is 0 Å². The molecule has 0 spiro atoms. The summed E-state index contributed by atoms with van der Waals surface area (Å²) in [5.41, 5.74) is 2.11. The third-order valence-corrected chi connectivity index (χ3v) is 4.96. The molecule has 1 N–H and O–H groups in total. The summed E-state index contributed by atoms with van der Waals surface area (Å²) >= 11 is 0. The average molecular weight is 333 g/mol. The minimum atomic E-state index is 0.243. The zero-order chi connectivity index (χ0) is 17.4. The topological polar surface area (TPSA) is 39.1 Å². The van der Waals surface area contributed by atoms with Gasteiger partial charge in [-0.1, -0.05) is 42.5 Å². The van der Waals surface area contributed by atoms with E-state index in [0.717, 1.165) is 31.0 Å². The number of aliphatic hydroxyl groups is 1. The lowest BCUT2D eigenvalue weighted by molar-refractivity contribution is 0.242. The first-order valence-electron chi connectivity index (χ1n) is 8.81. The molecule has 0 aromatic heterocycles. The van der Waals surface area contributed by atoms with E-state index in [9.17, 15) is 5.11 Å². The zero-order valence-corrected chi connectivity index (χ0v) is 14.7. The number of fused-ring (bicyclic) bond motifs is 2. The van der Waals surface area contributed by atoms with E-state index >= 15 is 0 Å². The fraction of sp³-hybridized carbons (Fsp3) is 0.286. The van der Waals surface area contributed by atoms with Crippen LogP contribution in [-0.2, 0) is 6.42 Å². The maximum Gasteiger partial charge on any atom is 0.159 e. The number of aliphatic hydroxyl groups excluding tert-OH is 1. The third-order valence-electron chi connectivity index (χ3n) is 4.96. The van der Waals surface area contributed by atoms with Gasteiger partial charge in [-0.25, -0.2) is 4.99 Å². The molecule has 0 unspecified atom stereocenters. The van der Waals surface area contributed by atoms with Crippen molar-refractivity contribution in [2.24, 2.45) is 4.99 Å². The van der Waals surface area contributed by atoms with Gasteiger partial charge in [0.15, 0.2) is 5.76 Å². The summed E-state index contributed by atoms with van der Waals surface area (Å²) in [6, 6.07) is 15.3. The molecule has 25 heavy (non-hydrogen) atoms. The Labute approximate surface area is 148 Å². The second-order valence-corrected chi connectivity index (χ2v) is 6.87. The summed E-state index contributed by atoms with van der Waals surface area (Å²) in [4.78, 5) is 8.95. The number of hydrogen-bond donors (Lipinski definition) is 1. The van der Waals surface area contributed by atoms with Crippen LogP contribution in [-0.4, -0.2) is 39.9 Å². The van der Waals surface area contributed by atoms with E-state index in [-0.39, 0.29) is 5.76 Å². The van der Waals surface area contributed by atoms with Crippen LogP contribution in [0.25, 0.3) is 10.8 Å². The Balaban J connectivity index is 1.68. The molecule has 2 aliphatic rings. The molecule has 2 aromatic carbocycles. The zero-order valence-electron chi connectivity index (χ0n) is 14.7. The van der Waals surface area contributed by atoms with Gasteiger partial charge < -0.3 is 14.9 Å². The van der Waals surface area contributed by atoms with Crippen molar-refractivity contribution < 1.29 is 5.11 Å². The van der Waals surface area contributed by atoms with E-state index in [2.05, 4.69) is 77.3 Å². The number of hydrogen-bond acceptors (Lipinski definition) is 4. The lowest BCUT2D eigenvalue weighted by atomic mass is 10.0. The summed E-state index contributed by atoms with van der Waals surface area (Å²) in [5.74, 6) is 1.23. The van der Waals surface area contributed by atoms with Gasteiger partial charge in [0.05, 0.1) is 6.20 Å². The van der Waals surface area contributed by atoms with Crippen molar-refractivity contribution in [1.29, 1.82) is 0 Å². The minimum absolute atomic E-state index is 0.243. The summed E-state index contributed by atoms with van der Waals surface area (Å²) in [6.45, 7) is 6.11. The van der Waals surface area contributed by atoms with E-state index in [1.807, 2.05) is 0 Å². The predicted octanol–water partition coefficient (Wildman–Crippen LogP) is 4.06. The lowest BCUT2D eigenvalue weighted by Gasteiger charge is -2.39. The Hall–Kier alpha value is -2.75. The number of amidine groups is 1. The molecule has 0 radical (unpaired) electrons. The molecule has 0 fully saturated rings. The summed E-state index contributed by atoms with van der Waals surface area (Å²) in [6.07, 6.45) is 4.38. The van der Waals surface area contributed by atoms with Crippen LogP contribution in [0, 0.1) is 0 Å². The van der Waals surface area contributed by atoms with E-state index < -0.39 is 0 Å². The normalized spacial score (nSPS) is 17.3. The smallest absolute Gasteiger partial charge is 0.159 e. The maximum absolute atomic E-state index is 10.3. The van der Waals surface area contributed by atoms with Gasteiger partial charge >= 0.3 is 0 Å². The molecule has 128 valence electrons. The van der Waals surface area contributed by atoms with Gasteiger partial charge in [-0.2, -0.15) is 0 Å². The van der Waals surface area contributed by atoms with Crippen LogP contribution in [0.1, 0.15) is 19.4 Å². The third kappa shape index (κ3) is 2.88. The molecule has 0 amide bonds. The molecule has 2 aliphatic heterocycles. The molecule has 2 aromatic rings. The molecule has 2 heterocycles. The van der Waals surface area contributed by atoms with Gasteiger partial charge in [-0.05, 0) is 30.2 Å². The molecule has 0 atom stereocenters. The minimum Gasteiger partial charge on any atom is -0.504 e. The first kappa shape index (κ1) is 15.8. The van der Waals surface area contributed by atoms with E-state index in [4.69, 9.17) is 0 Å². The Kier molecular flexibility index (Phi) is 3.96. The van der Waals surface area contributed by atoms with Gasteiger partial charge in [0.1, 0.15) is 11.5 Å². The van der Waals surface area contributed by atoms with Crippen LogP contribution in [0.4, 0.5) is 0 Å². The van der Waals surface area contributed by atoms with Crippen molar-refractivity contribution in [3.63, 3.8) is 0 Å². The first-order chi connectivity index (χ1) is 12.1. The molecule has 0 bridgehead atoms. The van der Waals surface area contributed by atoms with E-state index in [1.54, 1.807) is 6.20 Å². The molecule has 4 nitrogen and oxygen atoms in total. The van der Waals surface area contributed by atoms with Crippen molar-refractivity contribution in [2.45, 2.75) is 26.3 Å². The summed E-state index contributed by atoms with van der Waals surface area (Å²) in [5, 5.41) is 12.8. The van der Waals surface area contributed by atoms with Gasteiger partial charge in [-0.3, -0.25) is 0 Å². The number of rotatable bonds is 3. The predicted molar refractivity (Wildman–Crippen MR) is 102 cm³/mol. The monoisotopic (exact) mass is 333 g/mol. The lowest BCUT2D eigenvalue weighted by Crippen LogP contribution is -2.45. The SMILES string of the molecule is CC(C)N1C=C2C(O)=CN=C(Cc3cccc4ccccc34)N2CC1. The fourth-order valence-corrected chi connectivity index (χ4v) is 3.54. The molecule has 4 rings (SSSR count). The van der Waals surface area contributed by atoms with Crippen LogP contribution in [0.2, 0.25) is 0 Å². The van der Waals surface area contributed by atoms with E-state index in [0.29, 0.717) is 6.04 Å². The first-order valence-corrected chi connectivity index (χ1v) is 8.81. The maximum atomic E-state index is 10.3. The van der Waals surface area contributed by atoms with Crippen molar-refractivity contribution in [1.82, 2.24) is 9.80 Å². The van der Waals surface area contributed by atoms with Crippen LogP contribution < -0.4 is 0 Å². The van der Waals surface area contributed by atoms with Gasteiger partial charge in [-0.15, -0.1) is 0 Å². The van der Waals surface area contributed by atoms with Crippen LogP contribution >= 0.6 is 0 Å². The standard InChI is InChI=1S/C21H23N3O/c1-15(2)23-10-11-24-19(14-23)20(25)13-22-21(24)12-17-8-5-7-16-6-3-4-9-18(16)17/h3-9,13-15,25H,10-12H2,1-2H3. The quantitative estimate of drug-likeness (QED) is 0.920. The Morgan fingerprint density at radius 1 is 1.08 bits per heavy atom. The molecule has 4 heteroatoms. The van der Waals surface area contributed by atoms with E-state index in [1.165, 1.54) is 16.3 Å². The fourth-order valence-electron chi connectivity index (χ4n) is 3.54. The van der Waals surface area contributed by atoms with Gasteiger partial charge in [0, 0.05) is 31.8 Å². The Morgan fingerprint density at radius 2 is 1.88 bits per heavy atom. The van der Waals surface area contributed by atoms with Crippen LogP contribution in [0.15, 0.2) is 71.3 Å². The van der Waals surface area contributed by atoms with Crippen molar-refractivity contribution >= 4 is 16.6 Å². The van der Waals surface area contributed by atoms with Crippen molar-refractivity contribution in [3.05, 3.63) is 71.9 Å². The molecule has 0 saturated carbocycles. The Bertz CT molecular complexity index is 890. The largest absolute Gasteiger partial charge is 0.504 e. The summed E-state index contributed by atoms with van der Waals surface area (Å²) in [7, 11) is 0. The molecular formula is C21H23N3O. The molecule has 0 aliphatic carbocycles. The highest BCUT2D eigenvalue weighted by molar-refractivity contribution is 5.94. The highest BCUT2D eigenvalue weighted by Gasteiger charge is 2.28. The van der Waals surface area contributed by atoms with Crippen molar-refractivity contribution in [3.8, 4) is 0 Å².